The number of rotatable bonds is 8. The first kappa shape index (κ1) is 20.8. The van der Waals surface area contributed by atoms with Gasteiger partial charge in [0.15, 0.2) is 18.1 Å². The van der Waals surface area contributed by atoms with Crippen molar-refractivity contribution >= 4 is 23.5 Å². The fourth-order valence-electron chi connectivity index (χ4n) is 2.29. The maximum atomic E-state index is 12.5. The summed E-state index contributed by atoms with van der Waals surface area (Å²) in [5.41, 5.74) is 1.40. The smallest absolute Gasteiger partial charge is 0.343 e. The summed E-state index contributed by atoms with van der Waals surface area (Å²) in [5, 5.41) is 5.45. The maximum Gasteiger partial charge on any atom is 0.343 e. The average molecular weight is 386 g/mol. The van der Waals surface area contributed by atoms with E-state index in [1.54, 1.807) is 30.3 Å². The monoisotopic (exact) mass is 386 g/mol. The van der Waals surface area contributed by atoms with Crippen molar-refractivity contribution in [1.29, 1.82) is 0 Å². The Hall–Kier alpha value is -3.55. The van der Waals surface area contributed by atoms with Crippen LogP contribution in [-0.2, 0) is 9.53 Å². The summed E-state index contributed by atoms with van der Waals surface area (Å²) in [4.78, 5) is 35.4. The topological polar surface area (TPSA) is 103 Å². The third-order valence-electron chi connectivity index (χ3n) is 3.74. The van der Waals surface area contributed by atoms with E-state index in [-0.39, 0.29) is 18.4 Å². The summed E-state index contributed by atoms with van der Waals surface area (Å²) in [7, 11) is 2.70. The molecule has 2 rings (SSSR count). The number of anilines is 1. The third-order valence-corrected chi connectivity index (χ3v) is 3.74. The molecule has 148 valence electrons. The van der Waals surface area contributed by atoms with Crippen LogP contribution in [0.5, 0.6) is 11.5 Å². The number of nitrogens with one attached hydrogen (secondary N) is 2. The van der Waals surface area contributed by atoms with Crippen molar-refractivity contribution in [2.75, 3.05) is 32.7 Å². The number of hydrogen-bond acceptors (Lipinski definition) is 6. The molecule has 0 aliphatic carbocycles. The Labute approximate surface area is 162 Å². The van der Waals surface area contributed by atoms with Gasteiger partial charge in [0.25, 0.3) is 11.8 Å². The summed E-state index contributed by atoms with van der Waals surface area (Å²) in [5.74, 6) is -0.435. The van der Waals surface area contributed by atoms with Crippen LogP contribution in [0.1, 0.15) is 27.6 Å². The number of hydrogen-bond donors (Lipinski definition) is 2. The summed E-state index contributed by atoms with van der Waals surface area (Å²) in [6, 6.07) is 11.1. The van der Waals surface area contributed by atoms with E-state index >= 15 is 0 Å². The second-order valence-electron chi connectivity index (χ2n) is 5.62. The summed E-state index contributed by atoms with van der Waals surface area (Å²) in [6.45, 7) is 2.11. The van der Waals surface area contributed by atoms with Crippen LogP contribution in [0.3, 0.4) is 0 Å². The van der Waals surface area contributed by atoms with Crippen molar-refractivity contribution in [3.05, 3.63) is 53.6 Å². The molecule has 2 amide bonds. The molecule has 0 aliphatic heterocycles. The molecule has 0 aromatic heterocycles. The van der Waals surface area contributed by atoms with Crippen molar-refractivity contribution < 1.29 is 28.6 Å². The van der Waals surface area contributed by atoms with E-state index in [1.165, 1.54) is 26.4 Å². The van der Waals surface area contributed by atoms with Crippen LogP contribution in [-0.4, -0.2) is 45.2 Å². The van der Waals surface area contributed by atoms with Gasteiger partial charge in [-0.25, -0.2) is 4.79 Å². The average Bonchev–Trinajstić information content (AvgIpc) is 2.72. The Kier molecular flexibility index (Phi) is 7.38. The summed E-state index contributed by atoms with van der Waals surface area (Å²) < 4.78 is 15.1. The number of methoxy groups -OCH3 is 2. The number of carbonyl (C=O) groups excluding carboxylic acids is 3. The molecule has 8 heteroatoms. The van der Waals surface area contributed by atoms with Gasteiger partial charge in [-0.2, -0.15) is 0 Å². The van der Waals surface area contributed by atoms with Gasteiger partial charge >= 0.3 is 5.97 Å². The highest BCUT2D eigenvalue weighted by Gasteiger charge is 2.13. The molecule has 28 heavy (non-hydrogen) atoms. The lowest BCUT2D eigenvalue weighted by molar-refractivity contribution is -0.142. The Morgan fingerprint density at radius 2 is 1.57 bits per heavy atom. The minimum atomic E-state index is -0.528. The molecule has 2 aromatic carbocycles. The Balaban J connectivity index is 2.07. The van der Waals surface area contributed by atoms with E-state index in [1.807, 2.05) is 6.92 Å². The van der Waals surface area contributed by atoms with Gasteiger partial charge < -0.3 is 24.8 Å². The number of benzene rings is 2. The van der Waals surface area contributed by atoms with Gasteiger partial charge in [-0.3, -0.25) is 9.59 Å². The van der Waals surface area contributed by atoms with Crippen LogP contribution in [0.25, 0.3) is 0 Å². The van der Waals surface area contributed by atoms with Crippen LogP contribution < -0.4 is 20.1 Å². The zero-order valence-electron chi connectivity index (χ0n) is 15.9. The van der Waals surface area contributed by atoms with Gasteiger partial charge in [0.2, 0.25) is 0 Å². The van der Waals surface area contributed by atoms with E-state index in [4.69, 9.17) is 9.47 Å². The van der Waals surface area contributed by atoms with Crippen molar-refractivity contribution in [3.63, 3.8) is 0 Å². The first-order valence-electron chi connectivity index (χ1n) is 8.55. The van der Waals surface area contributed by atoms with Crippen molar-refractivity contribution in [2.45, 2.75) is 6.92 Å². The number of amides is 2. The van der Waals surface area contributed by atoms with Crippen LogP contribution in [0.2, 0.25) is 0 Å². The van der Waals surface area contributed by atoms with Gasteiger partial charge in [-0.1, -0.05) is 0 Å². The Morgan fingerprint density at radius 1 is 0.893 bits per heavy atom. The standard InChI is InChI=1S/C20H22N2O6/c1-4-21-19(24)13-5-8-15(9-6-13)22-20(25)14-7-10-16(17(11-14)26-2)28-12-18(23)27-3/h5-11H,4,12H2,1-3H3,(H,21,24)(H,22,25). The maximum absolute atomic E-state index is 12.5. The van der Waals surface area contributed by atoms with E-state index in [0.717, 1.165) is 0 Å². The van der Waals surface area contributed by atoms with Gasteiger partial charge in [0.05, 0.1) is 14.2 Å². The minimum absolute atomic E-state index is 0.173. The van der Waals surface area contributed by atoms with Crippen LogP contribution in [0.15, 0.2) is 42.5 Å². The van der Waals surface area contributed by atoms with Crippen LogP contribution >= 0.6 is 0 Å². The zero-order chi connectivity index (χ0) is 20.5. The molecule has 0 radical (unpaired) electrons. The molecule has 0 unspecified atom stereocenters. The van der Waals surface area contributed by atoms with Gasteiger partial charge in [0.1, 0.15) is 0 Å². The van der Waals surface area contributed by atoms with E-state index in [0.29, 0.717) is 34.9 Å². The lowest BCUT2D eigenvalue weighted by Gasteiger charge is -2.12. The first-order chi connectivity index (χ1) is 13.5. The van der Waals surface area contributed by atoms with E-state index < -0.39 is 5.97 Å². The van der Waals surface area contributed by atoms with Crippen LogP contribution in [0.4, 0.5) is 5.69 Å². The lowest BCUT2D eigenvalue weighted by Crippen LogP contribution is -2.22. The zero-order valence-corrected chi connectivity index (χ0v) is 15.9. The molecule has 0 saturated carbocycles. The molecule has 0 fully saturated rings. The Morgan fingerprint density at radius 3 is 2.18 bits per heavy atom. The number of carbonyl (C=O) groups is 3. The Bertz CT molecular complexity index is 848. The van der Waals surface area contributed by atoms with E-state index in [2.05, 4.69) is 15.4 Å². The number of ether oxygens (including phenoxy) is 3. The highest BCUT2D eigenvalue weighted by atomic mass is 16.6. The van der Waals surface area contributed by atoms with Crippen molar-refractivity contribution in [3.8, 4) is 11.5 Å². The summed E-state index contributed by atoms with van der Waals surface area (Å²) >= 11 is 0. The molecular weight excluding hydrogens is 364 g/mol. The van der Waals surface area contributed by atoms with E-state index in [9.17, 15) is 14.4 Å². The summed E-state index contributed by atoms with van der Waals surface area (Å²) in [6.07, 6.45) is 0. The van der Waals surface area contributed by atoms with Gasteiger partial charge in [0, 0.05) is 23.4 Å². The second kappa shape index (κ2) is 9.96. The third kappa shape index (κ3) is 5.47. The fourth-order valence-corrected chi connectivity index (χ4v) is 2.29. The predicted octanol–water partition coefficient (Wildman–Crippen LogP) is 2.25. The van der Waals surface area contributed by atoms with Crippen LogP contribution in [0, 0.1) is 0 Å². The highest BCUT2D eigenvalue weighted by Crippen LogP contribution is 2.28. The van der Waals surface area contributed by atoms with Gasteiger partial charge in [-0.05, 0) is 49.4 Å². The molecule has 0 saturated heterocycles. The lowest BCUT2D eigenvalue weighted by atomic mass is 10.1. The second-order valence-corrected chi connectivity index (χ2v) is 5.62. The number of esters is 1. The predicted molar refractivity (Wildman–Crippen MR) is 103 cm³/mol. The fraction of sp³-hybridized carbons (Fsp3) is 0.250. The van der Waals surface area contributed by atoms with Gasteiger partial charge in [-0.15, -0.1) is 0 Å². The quantitative estimate of drug-likeness (QED) is 0.675. The van der Waals surface area contributed by atoms with Crippen molar-refractivity contribution in [2.24, 2.45) is 0 Å². The highest BCUT2D eigenvalue weighted by molar-refractivity contribution is 6.05. The molecule has 0 spiro atoms. The molecule has 0 atom stereocenters. The molecule has 0 bridgehead atoms. The first-order valence-corrected chi connectivity index (χ1v) is 8.55. The SMILES string of the molecule is CCNC(=O)c1ccc(NC(=O)c2ccc(OCC(=O)OC)c(OC)c2)cc1. The molecule has 2 aromatic rings. The minimum Gasteiger partial charge on any atom is -0.493 e. The molecule has 0 aliphatic rings. The molecule has 2 N–H and O–H groups in total. The van der Waals surface area contributed by atoms with Crippen molar-refractivity contribution in [1.82, 2.24) is 5.32 Å². The molecule has 0 heterocycles. The molecular formula is C20H22N2O6. The molecule has 8 nitrogen and oxygen atoms in total. The largest absolute Gasteiger partial charge is 0.493 e. The normalized spacial score (nSPS) is 9.96.